The highest BCUT2D eigenvalue weighted by Gasteiger charge is 2.23. The molecule has 1 aliphatic rings. The van der Waals surface area contributed by atoms with Gasteiger partial charge in [0.1, 0.15) is 5.69 Å². The van der Waals surface area contributed by atoms with Crippen molar-refractivity contribution in [2.45, 2.75) is 25.7 Å². The third-order valence-corrected chi connectivity index (χ3v) is 7.84. The van der Waals surface area contributed by atoms with E-state index >= 15 is 0 Å². The molecule has 0 saturated heterocycles. The Kier molecular flexibility index (Phi) is 5.43. The molecule has 188 valence electrons. The topological polar surface area (TPSA) is 125 Å². The van der Waals surface area contributed by atoms with Crippen molar-refractivity contribution in [3.8, 4) is 33.2 Å². The summed E-state index contributed by atoms with van der Waals surface area (Å²) in [7, 11) is 0. The van der Waals surface area contributed by atoms with Gasteiger partial charge in [0.15, 0.2) is 16.6 Å². The number of fused-ring (bicyclic) bond motifs is 2. The second-order valence-electron chi connectivity index (χ2n) is 9.37. The van der Waals surface area contributed by atoms with E-state index in [0.717, 1.165) is 63.9 Å². The van der Waals surface area contributed by atoms with Crippen molar-refractivity contribution >= 4 is 45.0 Å². The van der Waals surface area contributed by atoms with Crippen LogP contribution in [0.15, 0.2) is 55.1 Å². The van der Waals surface area contributed by atoms with E-state index in [9.17, 15) is 9.18 Å². The number of thiophene rings is 1. The number of halogens is 1. The van der Waals surface area contributed by atoms with E-state index in [1.807, 2.05) is 18.2 Å². The first-order chi connectivity index (χ1) is 18.6. The number of amides is 1. The molecular formula is C27H21FN8OS. The molecule has 1 fully saturated rings. The molecular weight excluding hydrogens is 503 g/mol. The number of carbonyl (C=O) groups excluding carboxylic acids is 1. The molecule has 0 bridgehead atoms. The smallest absolute Gasteiger partial charge is 0.227 e. The van der Waals surface area contributed by atoms with Crippen molar-refractivity contribution in [2.24, 2.45) is 5.92 Å². The number of carbonyl (C=O) groups is 1. The van der Waals surface area contributed by atoms with Crippen LogP contribution < -0.4 is 5.32 Å². The predicted octanol–water partition coefficient (Wildman–Crippen LogP) is 5.95. The SMILES string of the molecule is O=C(Nc1cncc(-c2cc3c(-c4nc5nccc(-c6ccc(F)s6)c5[nH]4)n[nH]c3cn2)c1)C1CCCC1. The standard InChI is InChI=1S/C27H21FN8OS/c28-22-6-5-21(38-22)17-7-8-30-25-23(17)33-26(34-25)24-18-10-19(31-13-20(18)35-36-24)15-9-16(12-29-11-15)32-27(37)14-3-1-2-4-14/h5-14H,1-4H2,(H,32,37)(H,35,36)(H,30,33,34). The van der Waals surface area contributed by atoms with E-state index in [0.29, 0.717) is 34.1 Å². The fraction of sp³-hybridized carbons (Fsp3) is 0.185. The molecule has 0 spiro atoms. The van der Waals surface area contributed by atoms with E-state index in [1.165, 1.54) is 6.07 Å². The highest BCUT2D eigenvalue weighted by atomic mass is 32.1. The first-order valence-corrected chi connectivity index (χ1v) is 13.2. The van der Waals surface area contributed by atoms with E-state index in [4.69, 9.17) is 0 Å². The van der Waals surface area contributed by atoms with Crippen LogP contribution >= 0.6 is 11.3 Å². The molecule has 6 heterocycles. The summed E-state index contributed by atoms with van der Waals surface area (Å²) < 4.78 is 13.7. The number of nitrogens with zero attached hydrogens (tertiary/aromatic N) is 5. The summed E-state index contributed by atoms with van der Waals surface area (Å²) in [5.41, 5.74) is 5.53. The minimum Gasteiger partial charge on any atom is -0.335 e. The summed E-state index contributed by atoms with van der Waals surface area (Å²) in [6.07, 6.45) is 10.8. The number of pyridine rings is 3. The summed E-state index contributed by atoms with van der Waals surface area (Å²) >= 11 is 1.07. The number of hydrogen-bond acceptors (Lipinski definition) is 7. The molecule has 7 rings (SSSR count). The van der Waals surface area contributed by atoms with Gasteiger partial charge in [0.2, 0.25) is 5.91 Å². The van der Waals surface area contributed by atoms with Crippen LogP contribution in [-0.4, -0.2) is 41.0 Å². The zero-order valence-electron chi connectivity index (χ0n) is 20.0. The Morgan fingerprint density at radius 1 is 1.08 bits per heavy atom. The molecule has 0 aliphatic heterocycles. The maximum Gasteiger partial charge on any atom is 0.227 e. The zero-order valence-corrected chi connectivity index (χ0v) is 20.8. The molecule has 0 aromatic carbocycles. The maximum atomic E-state index is 13.7. The van der Waals surface area contributed by atoms with Gasteiger partial charge in [-0.05, 0) is 43.2 Å². The number of imidazole rings is 1. The molecule has 1 aliphatic carbocycles. The Labute approximate surface area is 219 Å². The molecule has 6 aromatic heterocycles. The number of H-pyrrole nitrogens is 2. The minimum atomic E-state index is -0.250. The highest BCUT2D eigenvalue weighted by molar-refractivity contribution is 7.14. The summed E-state index contributed by atoms with van der Waals surface area (Å²) in [6.45, 7) is 0. The quantitative estimate of drug-likeness (QED) is 0.256. The van der Waals surface area contributed by atoms with E-state index in [2.05, 4.69) is 40.4 Å². The van der Waals surface area contributed by atoms with Crippen molar-refractivity contribution in [3.05, 3.63) is 60.3 Å². The fourth-order valence-corrected chi connectivity index (χ4v) is 5.79. The van der Waals surface area contributed by atoms with Gasteiger partial charge in [-0.25, -0.2) is 9.97 Å². The van der Waals surface area contributed by atoms with Gasteiger partial charge in [0.25, 0.3) is 0 Å². The van der Waals surface area contributed by atoms with Crippen LogP contribution in [-0.2, 0) is 4.79 Å². The summed E-state index contributed by atoms with van der Waals surface area (Å²) in [5, 5.41) is 11.1. The van der Waals surface area contributed by atoms with Crippen LogP contribution in [0.5, 0.6) is 0 Å². The second-order valence-corrected chi connectivity index (χ2v) is 10.4. The average Bonchev–Trinajstić information content (AvgIpc) is 3.74. The maximum absolute atomic E-state index is 13.7. The molecule has 38 heavy (non-hydrogen) atoms. The molecule has 1 saturated carbocycles. The monoisotopic (exact) mass is 524 g/mol. The van der Waals surface area contributed by atoms with Gasteiger partial charge in [-0.2, -0.15) is 9.49 Å². The molecule has 3 N–H and O–H groups in total. The van der Waals surface area contributed by atoms with Gasteiger partial charge in [0.05, 0.1) is 34.8 Å². The lowest BCUT2D eigenvalue weighted by Gasteiger charge is -2.11. The molecule has 0 unspecified atom stereocenters. The van der Waals surface area contributed by atoms with Gasteiger partial charge >= 0.3 is 0 Å². The minimum absolute atomic E-state index is 0.0464. The third kappa shape index (κ3) is 4.01. The lowest BCUT2D eigenvalue weighted by atomic mass is 10.1. The van der Waals surface area contributed by atoms with E-state index in [-0.39, 0.29) is 17.0 Å². The normalized spacial score (nSPS) is 14.0. The summed E-state index contributed by atoms with van der Waals surface area (Å²) in [6, 6.07) is 8.83. The highest BCUT2D eigenvalue weighted by Crippen LogP contribution is 2.34. The van der Waals surface area contributed by atoms with Crippen molar-refractivity contribution in [3.63, 3.8) is 0 Å². The van der Waals surface area contributed by atoms with Gasteiger partial charge in [-0.15, -0.1) is 11.3 Å². The molecule has 0 radical (unpaired) electrons. The average molecular weight is 525 g/mol. The number of hydrogen-bond donors (Lipinski definition) is 3. The van der Waals surface area contributed by atoms with E-state index < -0.39 is 0 Å². The van der Waals surface area contributed by atoms with Crippen LogP contribution in [0.3, 0.4) is 0 Å². The largest absolute Gasteiger partial charge is 0.335 e. The first-order valence-electron chi connectivity index (χ1n) is 12.3. The Hall–Kier alpha value is -4.51. The number of nitrogens with one attached hydrogen (secondary N) is 3. The van der Waals surface area contributed by atoms with Gasteiger partial charge in [-0.3, -0.25) is 19.9 Å². The van der Waals surface area contributed by atoms with Crippen LogP contribution in [0.4, 0.5) is 10.1 Å². The lowest BCUT2D eigenvalue weighted by molar-refractivity contribution is -0.119. The second kappa shape index (κ2) is 9.10. The Balaban J connectivity index is 1.24. The Bertz CT molecular complexity index is 1820. The number of aromatic nitrogens is 7. The first kappa shape index (κ1) is 22.7. The van der Waals surface area contributed by atoms with Gasteiger partial charge in [-0.1, -0.05) is 12.8 Å². The number of aromatic amines is 2. The van der Waals surface area contributed by atoms with Crippen molar-refractivity contribution in [1.82, 2.24) is 35.1 Å². The molecule has 1 amide bonds. The Morgan fingerprint density at radius 2 is 1.97 bits per heavy atom. The molecule has 0 atom stereocenters. The van der Waals surface area contributed by atoms with Crippen molar-refractivity contribution in [2.75, 3.05) is 5.32 Å². The van der Waals surface area contributed by atoms with Crippen molar-refractivity contribution in [1.29, 1.82) is 0 Å². The number of rotatable bonds is 5. The third-order valence-electron chi connectivity index (χ3n) is 6.93. The summed E-state index contributed by atoms with van der Waals surface area (Å²) in [4.78, 5) is 34.7. The number of anilines is 1. The fourth-order valence-electron chi connectivity index (χ4n) is 5.02. The Morgan fingerprint density at radius 3 is 2.82 bits per heavy atom. The van der Waals surface area contributed by atoms with Crippen LogP contribution in [0.25, 0.3) is 55.3 Å². The van der Waals surface area contributed by atoms with E-state index in [1.54, 1.807) is 30.9 Å². The summed E-state index contributed by atoms with van der Waals surface area (Å²) in [5.74, 6) is 0.653. The van der Waals surface area contributed by atoms with Crippen LogP contribution in [0, 0.1) is 11.0 Å². The molecule has 9 nitrogen and oxygen atoms in total. The molecule has 11 heteroatoms. The van der Waals surface area contributed by atoms with Crippen LogP contribution in [0.2, 0.25) is 0 Å². The van der Waals surface area contributed by atoms with Crippen molar-refractivity contribution < 1.29 is 9.18 Å². The zero-order chi connectivity index (χ0) is 25.6. The predicted molar refractivity (Wildman–Crippen MR) is 144 cm³/mol. The van der Waals surface area contributed by atoms with Gasteiger partial charge in [0, 0.05) is 39.7 Å². The van der Waals surface area contributed by atoms with Crippen LogP contribution in [0.1, 0.15) is 25.7 Å². The molecule has 6 aromatic rings. The van der Waals surface area contributed by atoms with Gasteiger partial charge < -0.3 is 10.3 Å². The lowest BCUT2D eigenvalue weighted by Crippen LogP contribution is -2.20.